The fourth-order valence-corrected chi connectivity index (χ4v) is 2.19. The number of hydrogen-bond donors (Lipinski definition) is 2. The molecule has 1 rings (SSSR count). The minimum Gasteiger partial charge on any atom is -0.356 e. The summed E-state index contributed by atoms with van der Waals surface area (Å²) >= 11 is 1.68. The molecule has 0 bridgehead atoms. The monoisotopic (exact) mass is 433 g/mol. The molecule has 21 heavy (non-hydrogen) atoms. The van der Waals surface area contributed by atoms with Gasteiger partial charge in [-0.3, -0.25) is 4.99 Å². The predicted molar refractivity (Wildman–Crippen MR) is 92.6 cm³/mol. The van der Waals surface area contributed by atoms with Gasteiger partial charge in [-0.2, -0.15) is 13.2 Å². The first-order valence-corrected chi connectivity index (χ1v) is 7.19. The normalized spacial score (nSPS) is 11.7. The molecule has 0 aromatic heterocycles. The SMILES string of the molecule is CN=C(NCCSc1ccccc1)NCCC(F)(F)F.I. The number of guanidine groups is 1. The van der Waals surface area contributed by atoms with Gasteiger partial charge >= 0.3 is 6.18 Å². The van der Waals surface area contributed by atoms with Crippen molar-refractivity contribution >= 4 is 41.7 Å². The third kappa shape index (κ3) is 10.7. The molecule has 0 amide bonds. The lowest BCUT2D eigenvalue weighted by Crippen LogP contribution is -2.39. The van der Waals surface area contributed by atoms with E-state index < -0.39 is 12.6 Å². The van der Waals surface area contributed by atoms with Crippen LogP contribution in [0.15, 0.2) is 40.2 Å². The van der Waals surface area contributed by atoms with Crippen LogP contribution >= 0.6 is 35.7 Å². The number of nitrogens with zero attached hydrogens (tertiary/aromatic N) is 1. The Balaban J connectivity index is 0.00000400. The number of halogens is 4. The van der Waals surface area contributed by atoms with Crippen LogP contribution in [0.1, 0.15) is 6.42 Å². The van der Waals surface area contributed by atoms with Gasteiger partial charge in [-0.1, -0.05) is 18.2 Å². The lowest BCUT2D eigenvalue weighted by atomic mass is 10.4. The standard InChI is InChI=1S/C13H18F3N3S.HI/c1-17-12(18-8-7-13(14,15)16)19-9-10-20-11-5-3-2-4-6-11;/h2-6H,7-10H2,1H3,(H2,17,18,19);1H. The molecule has 1 aromatic rings. The Labute approximate surface area is 144 Å². The van der Waals surface area contributed by atoms with Crippen LogP contribution in [-0.4, -0.2) is 38.0 Å². The highest BCUT2D eigenvalue weighted by atomic mass is 127. The summed E-state index contributed by atoms with van der Waals surface area (Å²) < 4.78 is 36.0. The molecule has 1 aromatic carbocycles. The highest BCUT2D eigenvalue weighted by molar-refractivity contribution is 14.0. The summed E-state index contributed by atoms with van der Waals surface area (Å²) in [5, 5.41) is 5.61. The van der Waals surface area contributed by atoms with E-state index in [1.165, 1.54) is 7.05 Å². The van der Waals surface area contributed by atoms with Crippen molar-refractivity contribution in [3.05, 3.63) is 30.3 Å². The van der Waals surface area contributed by atoms with E-state index in [4.69, 9.17) is 0 Å². The summed E-state index contributed by atoms with van der Waals surface area (Å²) in [6.07, 6.45) is -5.01. The maximum atomic E-state index is 12.0. The van der Waals surface area contributed by atoms with E-state index in [9.17, 15) is 13.2 Å². The molecule has 0 aliphatic rings. The Bertz CT molecular complexity index is 413. The van der Waals surface area contributed by atoms with Crippen molar-refractivity contribution in [3.8, 4) is 0 Å². The summed E-state index contributed by atoms with van der Waals surface area (Å²) in [5.41, 5.74) is 0. The zero-order valence-corrected chi connectivity index (χ0v) is 14.8. The van der Waals surface area contributed by atoms with Gasteiger partial charge in [0.2, 0.25) is 0 Å². The van der Waals surface area contributed by atoms with Crippen LogP contribution in [0.4, 0.5) is 13.2 Å². The summed E-state index contributed by atoms with van der Waals surface area (Å²) in [4.78, 5) is 5.03. The maximum absolute atomic E-state index is 12.0. The molecule has 0 aliphatic carbocycles. The number of hydrogen-bond acceptors (Lipinski definition) is 2. The maximum Gasteiger partial charge on any atom is 0.390 e. The molecule has 0 atom stereocenters. The van der Waals surface area contributed by atoms with Crippen molar-refractivity contribution in [2.75, 3.05) is 25.9 Å². The zero-order valence-electron chi connectivity index (χ0n) is 11.6. The molecule has 0 saturated carbocycles. The molecule has 0 spiro atoms. The number of benzene rings is 1. The van der Waals surface area contributed by atoms with Crippen LogP contribution in [0.2, 0.25) is 0 Å². The molecular formula is C13H19F3IN3S. The molecule has 0 heterocycles. The van der Waals surface area contributed by atoms with Gasteiger partial charge in [0.25, 0.3) is 0 Å². The van der Waals surface area contributed by atoms with Gasteiger partial charge in [-0.15, -0.1) is 35.7 Å². The molecular weight excluding hydrogens is 414 g/mol. The van der Waals surface area contributed by atoms with Crippen molar-refractivity contribution < 1.29 is 13.2 Å². The van der Waals surface area contributed by atoms with Crippen molar-refractivity contribution in [2.45, 2.75) is 17.5 Å². The van der Waals surface area contributed by atoms with Gasteiger partial charge in [0, 0.05) is 30.8 Å². The second-order valence-electron chi connectivity index (χ2n) is 3.95. The lowest BCUT2D eigenvalue weighted by Gasteiger charge is -2.12. The van der Waals surface area contributed by atoms with Gasteiger partial charge in [0.15, 0.2) is 5.96 Å². The van der Waals surface area contributed by atoms with Gasteiger partial charge in [-0.25, -0.2) is 0 Å². The highest BCUT2D eigenvalue weighted by Gasteiger charge is 2.26. The van der Waals surface area contributed by atoms with Crippen LogP contribution in [0.3, 0.4) is 0 Å². The summed E-state index contributed by atoms with van der Waals surface area (Å²) in [7, 11) is 1.53. The summed E-state index contributed by atoms with van der Waals surface area (Å²) in [5.74, 6) is 1.20. The van der Waals surface area contributed by atoms with E-state index in [1.807, 2.05) is 30.3 Å². The fourth-order valence-electron chi connectivity index (χ4n) is 1.40. The molecule has 0 radical (unpaired) electrons. The van der Waals surface area contributed by atoms with Crippen LogP contribution in [0.5, 0.6) is 0 Å². The first-order valence-electron chi connectivity index (χ1n) is 6.20. The zero-order chi connectivity index (χ0) is 14.8. The molecule has 0 aliphatic heterocycles. The minimum atomic E-state index is -4.14. The van der Waals surface area contributed by atoms with Crippen molar-refractivity contribution in [3.63, 3.8) is 0 Å². The molecule has 0 saturated heterocycles. The summed E-state index contributed by atoms with van der Waals surface area (Å²) in [6.45, 7) is 0.459. The Morgan fingerprint density at radius 2 is 1.76 bits per heavy atom. The second-order valence-corrected chi connectivity index (χ2v) is 5.12. The molecule has 3 nitrogen and oxygen atoms in total. The van der Waals surface area contributed by atoms with Gasteiger partial charge in [0.1, 0.15) is 0 Å². The topological polar surface area (TPSA) is 36.4 Å². The number of aliphatic imine (C=N–C) groups is 1. The first-order chi connectivity index (χ1) is 9.51. The molecule has 120 valence electrons. The van der Waals surface area contributed by atoms with E-state index in [0.29, 0.717) is 12.5 Å². The fraction of sp³-hybridized carbons (Fsp3) is 0.462. The number of thioether (sulfide) groups is 1. The van der Waals surface area contributed by atoms with Gasteiger partial charge < -0.3 is 10.6 Å². The Hall–Kier alpha value is -0.640. The van der Waals surface area contributed by atoms with Crippen LogP contribution < -0.4 is 10.6 Å². The molecule has 0 unspecified atom stereocenters. The van der Waals surface area contributed by atoms with E-state index in [1.54, 1.807) is 11.8 Å². The average molecular weight is 433 g/mol. The quantitative estimate of drug-likeness (QED) is 0.237. The number of rotatable bonds is 6. The van der Waals surface area contributed by atoms with E-state index in [0.717, 1.165) is 10.6 Å². The Morgan fingerprint density at radius 1 is 1.14 bits per heavy atom. The van der Waals surface area contributed by atoms with Gasteiger partial charge in [-0.05, 0) is 12.1 Å². The predicted octanol–water partition coefficient (Wildman–Crippen LogP) is 3.51. The van der Waals surface area contributed by atoms with E-state index in [2.05, 4.69) is 15.6 Å². The Kier molecular flexibility index (Phi) is 10.7. The van der Waals surface area contributed by atoms with Gasteiger partial charge in [0.05, 0.1) is 6.42 Å². The third-order valence-electron chi connectivity index (χ3n) is 2.33. The number of alkyl halides is 3. The van der Waals surface area contributed by atoms with Crippen molar-refractivity contribution in [2.24, 2.45) is 4.99 Å². The molecule has 2 N–H and O–H groups in total. The Morgan fingerprint density at radius 3 is 2.33 bits per heavy atom. The van der Waals surface area contributed by atoms with E-state index in [-0.39, 0.29) is 30.5 Å². The third-order valence-corrected chi connectivity index (χ3v) is 3.34. The minimum absolute atomic E-state index is 0. The molecule has 8 heteroatoms. The van der Waals surface area contributed by atoms with Crippen LogP contribution in [0, 0.1) is 0 Å². The summed E-state index contributed by atoms with van der Waals surface area (Å²) in [6, 6.07) is 9.91. The first kappa shape index (κ1) is 20.4. The second kappa shape index (κ2) is 11.0. The highest BCUT2D eigenvalue weighted by Crippen LogP contribution is 2.18. The largest absolute Gasteiger partial charge is 0.390 e. The molecule has 0 fully saturated rings. The smallest absolute Gasteiger partial charge is 0.356 e. The van der Waals surface area contributed by atoms with Crippen molar-refractivity contribution in [1.82, 2.24) is 10.6 Å². The van der Waals surface area contributed by atoms with E-state index >= 15 is 0 Å². The lowest BCUT2D eigenvalue weighted by molar-refractivity contribution is -0.132. The number of nitrogens with one attached hydrogen (secondary N) is 2. The average Bonchev–Trinajstić information content (AvgIpc) is 2.41. The van der Waals surface area contributed by atoms with Crippen LogP contribution in [-0.2, 0) is 0 Å². The van der Waals surface area contributed by atoms with Crippen LogP contribution in [0.25, 0.3) is 0 Å². The van der Waals surface area contributed by atoms with Crippen molar-refractivity contribution in [1.29, 1.82) is 0 Å².